The molecule has 0 bridgehead atoms. The van der Waals surface area contributed by atoms with Crippen LogP contribution in [0.15, 0.2) is 34.9 Å². The highest BCUT2D eigenvalue weighted by molar-refractivity contribution is 5.84. The standard InChI is InChI=1S/C19H22N4O2/c1-12(2)18-21-19(25-22-18)15-6-4-10-23(15)11-14-9-8-13-5-3-7-16(24)17(13)20-14/h3,5,7-9,12,15,24H,4,6,10-11H2,1-2H3/t15-/m0/s1. The molecule has 0 spiro atoms. The first-order chi connectivity index (χ1) is 12.1. The lowest BCUT2D eigenvalue weighted by molar-refractivity contribution is 0.199. The average molecular weight is 338 g/mol. The Bertz CT molecular complexity index is 890. The van der Waals surface area contributed by atoms with Crippen molar-refractivity contribution in [3.05, 3.63) is 47.7 Å². The van der Waals surface area contributed by atoms with Gasteiger partial charge in [-0.25, -0.2) is 4.98 Å². The molecular formula is C19H22N4O2. The molecule has 0 aliphatic carbocycles. The fourth-order valence-electron chi connectivity index (χ4n) is 3.38. The third-order valence-electron chi connectivity index (χ3n) is 4.74. The number of aromatic hydroxyl groups is 1. The molecule has 1 N–H and O–H groups in total. The van der Waals surface area contributed by atoms with Crippen molar-refractivity contribution in [1.82, 2.24) is 20.0 Å². The molecule has 0 unspecified atom stereocenters. The summed E-state index contributed by atoms with van der Waals surface area (Å²) in [5.41, 5.74) is 1.58. The molecule has 2 aromatic heterocycles. The van der Waals surface area contributed by atoms with E-state index in [0.717, 1.165) is 36.3 Å². The number of fused-ring (bicyclic) bond motifs is 1. The van der Waals surface area contributed by atoms with Crippen molar-refractivity contribution < 1.29 is 9.63 Å². The number of pyridine rings is 1. The van der Waals surface area contributed by atoms with Crippen LogP contribution in [0.3, 0.4) is 0 Å². The highest BCUT2D eigenvalue weighted by Crippen LogP contribution is 2.33. The van der Waals surface area contributed by atoms with E-state index in [9.17, 15) is 5.11 Å². The first-order valence-corrected chi connectivity index (χ1v) is 8.77. The molecule has 4 rings (SSSR count). The average Bonchev–Trinajstić information content (AvgIpc) is 3.24. The van der Waals surface area contributed by atoms with Crippen molar-refractivity contribution in [1.29, 1.82) is 0 Å². The van der Waals surface area contributed by atoms with Crippen LogP contribution in [0, 0.1) is 0 Å². The van der Waals surface area contributed by atoms with Gasteiger partial charge in [0.25, 0.3) is 0 Å². The van der Waals surface area contributed by atoms with Gasteiger partial charge in [0.2, 0.25) is 5.89 Å². The maximum absolute atomic E-state index is 10.0. The maximum atomic E-state index is 10.0. The molecule has 1 aliphatic rings. The number of phenols is 1. The summed E-state index contributed by atoms with van der Waals surface area (Å²) >= 11 is 0. The molecule has 1 atom stereocenters. The summed E-state index contributed by atoms with van der Waals surface area (Å²) in [5, 5.41) is 15.1. The van der Waals surface area contributed by atoms with E-state index in [0.29, 0.717) is 18.0 Å². The van der Waals surface area contributed by atoms with Crippen molar-refractivity contribution in [3.8, 4) is 5.75 Å². The molecule has 0 amide bonds. The van der Waals surface area contributed by atoms with Gasteiger partial charge in [-0.1, -0.05) is 37.2 Å². The third-order valence-corrected chi connectivity index (χ3v) is 4.74. The summed E-state index contributed by atoms with van der Waals surface area (Å²) in [6, 6.07) is 9.62. The van der Waals surface area contributed by atoms with Gasteiger partial charge in [0.1, 0.15) is 11.3 Å². The summed E-state index contributed by atoms with van der Waals surface area (Å²) in [6.45, 7) is 5.80. The number of nitrogens with zero attached hydrogens (tertiary/aromatic N) is 4. The van der Waals surface area contributed by atoms with Gasteiger partial charge in [0.15, 0.2) is 5.82 Å². The Morgan fingerprint density at radius 2 is 2.12 bits per heavy atom. The lowest BCUT2D eigenvalue weighted by Crippen LogP contribution is -2.23. The predicted octanol–water partition coefficient (Wildman–Crippen LogP) is 3.78. The summed E-state index contributed by atoms with van der Waals surface area (Å²) < 4.78 is 5.50. The topological polar surface area (TPSA) is 75.3 Å². The van der Waals surface area contributed by atoms with Crippen LogP contribution >= 0.6 is 0 Å². The number of rotatable bonds is 4. The Morgan fingerprint density at radius 1 is 1.24 bits per heavy atom. The third kappa shape index (κ3) is 3.09. The summed E-state index contributed by atoms with van der Waals surface area (Å²) in [4.78, 5) is 11.5. The lowest BCUT2D eigenvalue weighted by atomic mass is 10.1. The molecule has 130 valence electrons. The first kappa shape index (κ1) is 16.0. The van der Waals surface area contributed by atoms with E-state index in [2.05, 4.69) is 33.9 Å². The summed E-state index contributed by atoms with van der Waals surface area (Å²) in [6.07, 6.45) is 2.11. The number of hydrogen-bond acceptors (Lipinski definition) is 6. The number of hydrogen-bond donors (Lipinski definition) is 1. The number of benzene rings is 1. The Kier molecular flexibility index (Phi) is 4.13. The van der Waals surface area contributed by atoms with E-state index in [4.69, 9.17) is 4.52 Å². The predicted molar refractivity (Wildman–Crippen MR) is 94.2 cm³/mol. The number of para-hydroxylation sites is 1. The van der Waals surface area contributed by atoms with Crippen molar-refractivity contribution in [2.24, 2.45) is 0 Å². The Hall–Kier alpha value is -2.47. The van der Waals surface area contributed by atoms with Crippen molar-refractivity contribution in [3.63, 3.8) is 0 Å². The second kappa shape index (κ2) is 6.44. The quantitative estimate of drug-likeness (QED) is 0.780. The zero-order valence-corrected chi connectivity index (χ0v) is 14.5. The van der Waals surface area contributed by atoms with Gasteiger partial charge < -0.3 is 9.63 Å². The number of phenolic OH excluding ortho intramolecular Hbond substituents is 1. The summed E-state index contributed by atoms with van der Waals surface area (Å²) in [5.74, 6) is 1.94. The molecule has 3 aromatic rings. The zero-order chi connectivity index (χ0) is 17.4. The molecule has 1 aliphatic heterocycles. The summed E-state index contributed by atoms with van der Waals surface area (Å²) in [7, 11) is 0. The lowest BCUT2D eigenvalue weighted by Gasteiger charge is -2.21. The largest absolute Gasteiger partial charge is 0.506 e. The van der Waals surface area contributed by atoms with Crippen LogP contribution in [0.2, 0.25) is 0 Å². The zero-order valence-electron chi connectivity index (χ0n) is 14.5. The van der Waals surface area contributed by atoms with Gasteiger partial charge in [0, 0.05) is 17.8 Å². The van der Waals surface area contributed by atoms with Crippen LogP contribution in [-0.4, -0.2) is 31.7 Å². The van der Waals surface area contributed by atoms with E-state index in [1.54, 1.807) is 6.07 Å². The fourth-order valence-corrected chi connectivity index (χ4v) is 3.38. The van der Waals surface area contributed by atoms with E-state index in [1.807, 2.05) is 24.3 Å². The minimum Gasteiger partial charge on any atom is -0.506 e. The number of likely N-dealkylation sites (tertiary alicyclic amines) is 1. The highest BCUT2D eigenvalue weighted by Gasteiger charge is 2.31. The van der Waals surface area contributed by atoms with Gasteiger partial charge in [0.05, 0.1) is 11.7 Å². The SMILES string of the molecule is CC(C)c1noc([C@@H]2CCCN2Cc2ccc3cccc(O)c3n2)n1. The molecule has 1 fully saturated rings. The highest BCUT2D eigenvalue weighted by atomic mass is 16.5. The molecule has 0 saturated carbocycles. The normalized spacial score (nSPS) is 18.4. The smallest absolute Gasteiger partial charge is 0.244 e. The molecule has 3 heterocycles. The monoisotopic (exact) mass is 338 g/mol. The van der Waals surface area contributed by atoms with Crippen LogP contribution < -0.4 is 0 Å². The minimum absolute atomic E-state index is 0.141. The van der Waals surface area contributed by atoms with E-state index >= 15 is 0 Å². The molecule has 6 heteroatoms. The van der Waals surface area contributed by atoms with Crippen LogP contribution in [0.1, 0.15) is 56.1 Å². The molecule has 1 aromatic carbocycles. The van der Waals surface area contributed by atoms with Crippen molar-refractivity contribution in [2.75, 3.05) is 6.54 Å². The fraction of sp³-hybridized carbons (Fsp3) is 0.421. The second-order valence-electron chi connectivity index (χ2n) is 6.93. The Balaban J connectivity index is 1.57. The Morgan fingerprint density at radius 3 is 2.92 bits per heavy atom. The minimum atomic E-state index is 0.141. The molecular weight excluding hydrogens is 316 g/mol. The second-order valence-corrected chi connectivity index (χ2v) is 6.93. The van der Waals surface area contributed by atoms with E-state index in [-0.39, 0.29) is 17.7 Å². The molecule has 1 saturated heterocycles. The van der Waals surface area contributed by atoms with Crippen molar-refractivity contribution >= 4 is 10.9 Å². The Labute approximate surface area is 146 Å². The van der Waals surface area contributed by atoms with Gasteiger partial charge in [-0.05, 0) is 31.5 Å². The maximum Gasteiger partial charge on any atom is 0.244 e. The van der Waals surface area contributed by atoms with Gasteiger partial charge in [-0.15, -0.1) is 0 Å². The first-order valence-electron chi connectivity index (χ1n) is 8.77. The van der Waals surface area contributed by atoms with Gasteiger partial charge in [-0.2, -0.15) is 4.98 Å². The van der Waals surface area contributed by atoms with Gasteiger partial charge >= 0.3 is 0 Å². The van der Waals surface area contributed by atoms with Crippen molar-refractivity contribution in [2.45, 2.75) is 45.2 Å². The van der Waals surface area contributed by atoms with Gasteiger partial charge in [-0.3, -0.25) is 4.90 Å². The van der Waals surface area contributed by atoms with Crippen LogP contribution in [0.4, 0.5) is 0 Å². The van der Waals surface area contributed by atoms with E-state index < -0.39 is 0 Å². The van der Waals surface area contributed by atoms with Crippen LogP contribution in [-0.2, 0) is 6.54 Å². The molecule has 6 nitrogen and oxygen atoms in total. The number of aromatic nitrogens is 3. The molecule has 0 radical (unpaired) electrons. The van der Waals surface area contributed by atoms with Crippen LogP contribution in [0.5, 0.6) is 5.75 Å². The van der Waals surface area contributed by atoms with Crippen LogP contribution in [0.25, 0.3) is 10.9 Å². The van der Waals surface area contributed by atoms with E-state index in [1.165, 1.54) is 0 Å². The molecule has 25 heavy (non-hydrogen) atoms.